The third kappa shape index (κ3) is 3.93. The number of carboxylic acids is 1. The Hall–Kier alpha value is -1.73. The second-order valence-electron chi connectivity index (χ2n) is 6.46. The van der Waals surface area contributed by atoms with Gasteiger partial charge in [0.15, 0.2) is 6.61 Å². The molecule has 2 aliphatic rings. The molecule has 136 valence electrons. The lowest BCUT2D eigenvalue weighted by molar-refractivity contribution is -0.139. The summed E-state index contributed by atoms with van der Waals surface area (Å²) in [5.74, 6) is 0.481. The average molecular weight is 365 g/mol. The van der Waals surface area contributed by atoms with Gasteiger partial charge in [0.05, 0.1) is 6.61 Å². The van der Waals surface area contributed by atoms with E-state index in [1.165, 1.54) is 0 Å². The van der Waals surface area contributed by atoms with Gasteiger partial charge in [-0.2, -0.15) is 11.8 Å². The molecule has 2 fully saturated rings. The fourth-order valence-electron chi connectivity index (χ4n) is 3.54. The summed E-state index contributed by atoms with van der Waals surface area (Å²) in [7, 11) is 0. The van der Waals surface area contributed by atoms with Crippen LogP contribution in [0.3, 0.4) is 0 Å². The van der Waals surface area contributed by atoms with E-state index in [1.807, 2.05) is 30.5 Å². The van der Waals surface area contributed by atoms with Crippen LogP contribution in [0.5, 0.6) is 5.75 Å². The van der Waals surface area contributed by atoms with Gasteiger partial charge in [0.25, 0.3) is 5.91 Å². The Morgan fingerprint density at radius 2 is 2.08 bits per heavy atom. The molecule has 0 bridgehead atoms. The Morgan fingerprint density at radius 1 is 1.36 bits per heavy atom. The fourth-order valence-corrected chi connectivity index (χ4v) is 4.84. The van der Waals surface area contributed by atoms with Crippen LogP contribution in [0.1, 0.15) is 27.9 Å². The van der Waals surface area contributed by atoms with Gasteiger partial charge in [-0.05, 0) is 43.5 Å². The number of hydrogen-bond donors (Lipinski definition) is 1. The number of aryl methyl sites for hydroxylation is 2. The van der Waals surface area contributed by atoms with Crippen LogP contribution in [0.4, 0.5) is 0 Å². The van der Waals surface area contributed by atoms with Gasteiger partial charge in [0, 0.05) is 35.8 Å². The van der Waals surface area contributed by atoms with Crippen LogP contribution >= 0.6 is 11.8 Å². The van der Waals surface area contributed by atoms with Gasteiger partial charge in [-0.3, -0.25) is 4.79 Å². The van der Waals surface area contributed by atoms with E-state index < -0.39 is 5.97 Å². The van der Waals surface area contributed by atoms with Crippen molar-refractivity contribution in [1.82, 2.24) is 4.90 Å². The molecule has 6 nitrogen and oxygen atoms in total. The van der Waals surface area contributed by atoms with Gasteiger partial charge in [-0.1, -0.05) is 0 Å². The minimum absolute atomic E-state index is 0.0354. The van der Waals surface area contributed by atoms with Crippen molar-refractivity contribution >= 4 is 23.6 Å². The zero-order chi connectivity index (χ0) is 18.0. The molecule has 0 radical (unpaired) electrons. The minimum atomic E-state index is -1.02. The Bertz CT molecular complexity index is 652. The monoisotopic (exact) mass is 365 g/mol. The third-order valence-corrected chi connectivity index (χ3v) is 5.94. The van der Waals surface area contributed by atoms with E-state index in [1.54, 1.807) is 12.1 Å². The number of thioether (sulfide) groups is 1. The topological polar surface area (TPSA) is 76.1 Å². The number of fused-ring (bicyclic) bond motifs is 1. The molecule has 1 aromatic carbocycles. The average Bonchev–Trinajstić information content (AvgIpc) is 2.59. The van der Waals surface area contributed by atoms with Gasteiger partial charge in [-0.25, -0.2) is 4.79 Å². The lowest BCUT2D eigenvalue weighted by Gasteiger charge is -2.43. The van der Waals surface area contributed by atoms with Crippen LogP contribution in [0.15, 0.2) is 12.1 Å². The van der Waals surface area contributed by atoms with Gasteiger partial charge in [-0.15, -0.1) is 0 Å². The molecule has 3 rings (SSSR count). The first-order valence-corrected chi connectivity index (χ1v) is 9.48. The number of benzene rings is 1. The van der Waals surface area contributed by atoms with Crippen molar-refractivity contribution in [2.45, 2.75) is 31.6 Å². The molecule has 1 N–H and O–H groups in total. The molecule has 2 heterocycles. The summed E-state index contributed by atoms with van der Waals surface area (Å²) in [5.41, 5.74) is 2.19. The maximum absolute atomic E-state index is 13.1. The Kier molecular flexibility index (Phi) is 5.54. The minimum Gasteiger partial charge on any atom is -0.481 e. The summed E-state index contributed by atoms with van der Waals surface area (Å²) in [6, 6.07) is 3.81. The predicted octanol–water partition coefficient (Wildman–Crippen LogP) is 2.11. The quantitative estimate of drug-likeness (QED) is 0.881. The number of amides is 1. The van der Waals surface area contributed by atoms with Gasteiger partial charge >= 0.3 is 5.97 Å². The molecule has 2 unspecified atom stereocenters. The molecule has 7 heteroatoms. The first-order valence-electron chi connectivity index (χ1n) is 8.43. The largest absolute Gasteiger partial charge is 0.481 e. The fraction of sp³-hybridized carbons (Fsp3) is 0.556. The molecular formula is C18H23NO5S. The SMILES string of the molecule is Cc1cc(C(=O)N2CCSC3COCCC32)cc(C)c1OCC(=O)O. The summed E-state index contributed by atoms with van der Waals surface area (Å²) >= 11 is 1.89. The Morgan fingerprint density at radius 3 is 2.76 bits per heavy atom. The Labute approximate surface area is 151 Å². The maximum atomic E-state index is 13.1. The second kappa shape index (κ2) is 7.66. The van der Waals surface area contributed by atoms with E-state index >= 15 is 0 Å². The van der Waals surface area contributed by atoms with E-state index in [0.29, 0.717) is 29.8 Å². The van der Waals surface area contributed by atoms with Crippen molar-refractivity contribution in [3.63, 3.8) is 0 Å². The van der Waals surface area contributed by atoms with Crippen molar-refractivity contribution < 1.29 is 24.2 Å². The summed E-state index contributed by atoms with van der Waals surface area (Å²) < 4.78 is 10.9. The molecule has 1 amide bonds. The van der Waals surface area contributed by atoms with Crippen molar-refractivity contribution in [3.05, 3.63) is 28.8 Å². The van der Waals surface area contributed by atoms with E-state index in [2.05, 4.69) is 0 Å². The molecule has 2 atom stereocenters. The van der Waals surface area contributed by atoms with Crippen molar-refractivity contribution in [2.75, 3.05) is 32.1 Å². The highest BCUT2D eigenvalue weighted by atomic mass is 32.2. The van der Waals surface area contributed by atoms with Crippen LogP contribution in [0, 0.1) is 13.8 Å². The zero-order valence-corrected chi connectivity index (χ0v) is 15.3. The summed E-state index contributed by atoms with van der Waals surface area (Å²) in [4.78, 5) is 25.8. The number of rotatable bonds is 4. The van der Waals surface area contributed by atoms with Crippen LogP contribution in [0.25, 0.3) is 0 Å². The van der Waals surface area contributed by atoms with E-state index in [9.17, 15) is 9.59 Å². The standard InChI is InChI=1S/C18H23NO5S/c1-11-7-13(8-12(2)17(11)24-10-16(20)21)18(22)19-4-6-25-15-9-23-5-3-14(15)19/h7-8,14-15H,3-6,9-10H2,1-2H3,(H,20,21). The van der Waals surface area contributed by atoms with Gasteiger partial charge in [0.1, 0.15) is 5.75 Å². The first kappa shape index (κ1) is 18.1. The van der Waals surface area contributed by atoms with Crippen molar-refractivity contribution in [2.24, 2.45) is 0 Å². The maximum Gasteiger partial charge on any atom is 0.341 e. The second-order valence-corrected chi connectivity index (χ2v) is 7.81. The molecule has 0 spiro atoms. The summed E-state index contributed by atoms with van der Waals surface area (Å²) in [5, 5.41) is 9.14. The third-order valence-electron chi connectivity index (χ3n) is 4.64. The number of aliphatic carboxylic acids is 1. The number of carbonyl (C=O) groups is 2. The van der Waals surface area contributed by atoms with Crippen LogP contribution in [-0.4, -0.2) is 65.3 Å². The normalized spacial score (nSPS) is 23.0. The lowest BCUT2D eigenvalue weighted by Crippen LogP contribution is -2.54. The molecule has 0 aromatic heterocycles. The highest BCUT2D eigenvalue weighted by Crippen LogP contribution is 2.32. The highest BCUT2D eigenvalue weighted by molar-refractivity contribution is 8.00. The molecule has 2 saturated heterocycles. The molecule has 0 saturated carbocycles. The zero-order valence-electron chi connectivity index (χ0n) is 14.5. The molecule has 25 heavy (non-hydrogen) atoms. The Balaban J connectivity index is 1.80. The molecule has 0 aliphatic carbocycles. The van der Waals surface area contributed by atoms with E-state index in [0.717, 1.165) is 29.8 Å². The smallest absolute Gasteiger partial charge is 0.341 e. The molecular weight excluding hydrogens is 342 g/mol. The number of nitrogens with zero attached hydrogens (tertiary/aromatic N) is 1. The predicted molar refractivity (Wildman–Crippen MR) is 95.6 cm³/mol. The van der Waals surface area contributed by atoms with Gasteiger partial charge in [0.2, 0.25) is 0 Å². The van der Waals surface area contributed by atoms with Gasteiger partial charge < -0.3 is 19.5 Å². The van der Waals surface area contributed by atoms with Crippen molar-refractivity contribution in [1.29, 1.82) is 0 Å². The van der Waals surface area contributed by atoms with Crippen LogP contribution in [0.2, 0.25) is 0 Å². The van der Waals surface area contributed by atoms with Crippen LogP contribution in [-0.2, 0) is 9.53 Å². The first-order chi connectivity index (χ1) is 12.0. The van der Waals surface area contributed by atoms with E-state index in [4.69, 9.17) is 14.6 Å². The number of hydrogen-bond acceptors (Lipinski definition) is 5. The van der Waals surface area contributed by atoms with E-state index in [-0.39, 0.29) is 18.6 Å². The number of ether oxygens (including phenoxy) is 2. The highest BCUT2D eigenvalue weighted by Gasteiger charge is 2.37. The number of carboxylic acid groups (broad SMARTS) is 1. The molecule has 1 aromatic rings. The van der Waals surface area contributed by atoms with Crippen LogP contribution < -0.4 is 4.74 Å². The summed E-state index contributed by atoms with van der Waals surface area (Å²) in [6.45, 7) is 5.45. The van der Waals surface area contributed by atoms with Crippen molar-refractivity contribution in [3.8, 4) is 5.75 Å². The summed E-state index contributed by atoms with van der Waals surface area (Å²) in [6.07, 6.45) is 0.876. The lowest BCUT2D eigenvalue weighted by atomic mass is 10.0. The molecule has 2 aliphatic heterocycles. The number of carbonyl (C=O) groups excluding carboxylic acids is 1.